The molecule has 1 fully saturated rings. The molecule has 2 aromatic rings. The van der Waals surface area contributed by atoms with Crippen LogP contribution in [0.1, 0.15) is 43.4 Å². The maximum absolute atomic E-state index is 12.4. The molecule has 0 unspecified atom stereocenters. The Labute approximate surface area is 200 Å². The first kappa shape index (κ1) is 25.1. The van der Waals surface area contributed by atoms with Crippen LogP contribution < -0.4 is 20.1 Å². The van der Waals surface area contributed by atoms with E-state index in [1.54, 1.807) is 18.4 Å². The molecule has 1 aliphatic rings. The van der Waals surface area contributed by atoms with Crippen molar-refractivity contribution < 1.29 is 19.1 Å². The Morgan fingerprint density at radius 3 is 2.33 bits per heavy atom. The average Bonchev–Trinajstić information content (AvgIpc) is 3.37. The fourth-order valence-corrected chi connectivity index (χ4v) is 5.41. The van der Waals surface area contributed by atoms with E-state index < -0.39 is 0 Å². The zero-order valence-corrected chi connectivity index (χ0v) is 20.6. The Morgan fingerprint density at radius 1 is 1.06 bits per heavy atom. The summed E-state index contributed by atoms with van der Waals surface area (Å²) in [5.41, 5.74) is 0.0587. The molecule has 0 saturated heterocycles. The van der Waals surface area contributed by atoms with Crippen LogP contribution in [0.2, 0.25) is 0 Å². The van der Waals surface area contributed by atoms with Crippen molar-refractivity contribution in [1.82, 2.24) is 15.5 Å². The molecular weight excluding hydrogens is 438 g/mol. The molecule has 2 amide bonds. The van der Waals surface area contributed by atoms with Gasteiger partial charge in [-0.3, -0.25) is 14.5 Å². The van der Waals surface area contributed by atoms with Crippen LogP contribution in [0.25, 0.3) is 0 Å². The lowest BCUT2D eigenvalue weighted by Crippen LogP contribution is -2.48. The van der Waals surface area contributed by atoms with Gasteiger partial charge in [0.1, 0.15) is 18.1 Å². The molecule has 1 saturated carbocycles. The number of nitrogens with zero attached hydrogens (tertiary/aromatic N) is 1. The van der Waals surface area contributed by atoms with E-state index in [2.05, 4.69) is 47.1 Å². The van der Waals surface area contributed by atoms with Crippen LogP contribution in [0.4, 0.5) is 0 Å². The third kappa shape index (κ3) is 6.95. The average molecular weight is 474 g/mol. The smallest absolute Gasteiger partial charge is 0.220 e. The van der Waals surface area contributed by atoms with Crippen LogP contribution in [-0.2, 0) is 15.1 Å². The number of amides is 2. The molecule has 1 aromatic carbocycles. The molecule has 3 rings (SSSR count). The quantitative estimate of drug-likeness (QED) is 0.488. The Morgan fingerprint density at radius 2 is 1.73 bits per heavy atom. The maximum atomic E-state index is 12.4. The molecule has 0 atom stereocenters. The largest absolute Gasteiger partial charge is 0.497 e. The van der Waals surface area contributed by atoms with Gasteiger partial charge in [-0.15, -0.1) is 11.3 Å². The van der Waals surface area contributed by atoms with Crippen LogP contribution in [0, 0.1) is 0 Å². The molecule has 0 bridgehead atoms. The first-order valence-electron chi connectivity index (χ1n) is 11.5. The van der Waals surface area contributed by atoms with E-state index in [1.807, 2.05) is 24.3 Å². The molecule has 33 heavy (non-hydrogen) atoms. The number of hydrogen-bond donors (Lipinski definition) is 2. The summed E-state index contributed by atoms with van der Waals surface area (Å²) in [6.07, 6.45) is 4.29. The second-order valence-electron chi connectivity index (χ2n) is 8.62. The van der Waals surface area contributed by atoms with Gasteiger partial charge in [0.05, 0.1) is 19.2 Å². The van der Waals surface area contributed by atoms with Crippen LogP contribution in [0.5, 0.6) is 11.5 Å². The Balaban J connectivity index is 1.31. The predicted molar refractivity (Wildman–Crippen MR) is 131 cm³/mol. The highest BCUT2D eigenvalue weighted by molar-refractivity contribution is 7.10. The summed E-state index contributed by atoms with van der Waals surface area (Å²) >= 11 is 1.80. The van der Waals surface area contributed by atoms with E-state index in [0.717, 1.165) is 31.4 Å². The highest BCUT2D eigenvalue weighted by Crippen LogP contribution is 2.42. The molecule has 1 aliphatic carbocycles. The second kappa shape index (κ2) is 12.0. The number of thiophene rings is 1. The van der Waals surface area contributed by atoms with Gasteiger partial charge in [-0.05, 0) is 75.5 Å². The van der Waals surface area contributed by atoms with Crippen molar-refractivity contribution in [3.8, 4) is 11.5 Å². The molecule has 0 aliphatic heterocycles. The first-order chi connectivity index (χ1) is 15.9. The van der Waals surface area contributed by atoms with Gasteiger partial charge >= 0.3 is 0 Å². The molecule has 180 valence electrons. The van der Waals surface area contributed by atoms with Gasteiger partial charge in [0.25, 0.3) is 0 Å². The summed E-state index contributed by atoms with van der Waals surface area (Å²) in [4.78, 5) is 28.1. The van der Waals surface area contributed by atoms with Crippen molar-refractivity contribution in [1.29, 1.82) is 0 Å². The van der Waals surface area contributed by atoms with Gasteiger partial charge in [-0.1, -0.05) is 6.07 Å². The van der Waals surface area contributed by atoms with Crippen molar-refractivity contribution in [3.05, 3.63) is 46.7 Å². The standard InChI is InChI=1S/C25H35N3O4S/c1-28(2)25(22-5-4-18-33-22)14-12-19(13-15-25)27-24(30)11-10-23(29)26-16-17-32-21-8-6-20(31-3)7-9-21/h4-9,18-19H,10-17H2,1-3H3,(H,26,29)(H,27,30). The van der Waals surface area contributed by atoms with Gasteiger partial charge in [-0.2, -0.15) is 0 Å². The Kier molecular flexibility index (Phi) is 9.14. The first-order valence-corrected chi connectivity index (χ1v) is 12.4. The number of ether oxygens (including phenoxy) is 2. The monoisotopic (exact) mass is 473 g/mol. The van der Waals surface area contributed by atoms with Gasteiger partial charge < -0.3 is 20.1 Å². The number of methoxy groups -OCH3 is 1. The van der Waals surface area contributed by atoms with E-state index in [9.17, 15) is 9.59 Å². The summed E-state index contributed by atoms with van der Waals surface area (Å²) in [5, 5.41) is 8.06. The minimum absolute atomic E-state index is 0.0573. The molecular formula is C25H35N3O4S. The highest BCUT2D eigenvalue weighted by Gasteiger charge is 2.39. The molecule has 0 radical (unpaired) electrons. The van der Waals surface area contributed by atoms with Gasteiger partial charge in [-0.25, -0.2) is 0 Å². The second-order valence-corrected chi connectivity index (χ2v) is 9.57. The minimum atomic E-state index is -0.142. The lowest BCUT2D eigenvalue weighted by molar-refractivity contribution is -0.127. The van der Waals surface area contributed by atoms with Crippen LogP contribution in [0.3, 0.4) is 0 Å². The van der Waals surface area contributed by atoms with Crippen molar-refractivity contribution in [3.63, 3.8) is 0 Å². The third-order valence-corrected chi connectivity index (χ3v) is 7.41. The molecule has 1 aromatic heterocycles. The van der Waals surface area contributed by atoms with Crippen molar-refractivity contribution in [2.75, 3.05) is 34.4 Å². The third-order valence-electron chi connectivity index (χ3n) is 6.35. The van der Waals surface area contributed by atoms with Gasteiger partial charge in [0.2, 0.25) is 11.8 Å². The number of rotatable bonds is 11. The SMILES string of the molecule is COc1ccc(OCCNC(=O)CCC(=O)NC2CCC(c3cccs3)(N(C)C)CC2)cc1. The van der Waals surface area contributed by atoms with Crippen LogP contribution >= 0.6 is 11.3 Å². The summed E-state index contributed by atoms with van der Waals surface area (Å²) < 4.78 is 10.7. The number of carbonyl (C=O) groups is 2. The number of hydrogen-bond acceptors (Lipinski definition) is 6. The molecule has 0 spiro atoms. The highest BCUT2D eigenvalue weighted by atomic mass is 32.1. The lowest BCUT2D eigenvalue weighted by atomic mass is 9.77. The summed E-state index contributed by atoms with van der Waals surface area (Å²) in [6.45, 7) is 0.759. The van der Waals surface area contributed by atoms with Crippen molar-refractivity contribution in [2.24, 2.45) is 0 Å². The molecule has 1 heterocycles. The Bertz CT molecular complexity index is 876. The topological polar surface area (TPSA) is 79.9 Å². The minimum Gasteiger partial charge on any atom is -0.497 e. The number of nitrogens with one attached hydrogen (secondary N) is 2. The fraction of sp³-hybridized carbons (Fsp3) is 0.520. The van der Waals surface area contributed by atoms with E-state index in [4.69, 9.17) is 9.47 Å². The number of benzene rings is 1. The van der Waals surface area contributed by atoms with Crippen molar-refractivity contribution in [2.45, 2.75) is 50.1 Å². The van der Waals surface area contributed by atoms with E-state index in [0.29, 0.717) is 18.9 Å². The van der Waals surface area contributed by atoms with E-state index in [1.165, 1.54) is 4.88 Å². The molecule has 2 N–H and O–H groups in total. The normalized spacial score (nSPS) is 20.3. The summed E-state index contributed by atoms with van der Waals surface area (Å²) in [7, 11) is 5.89. The zero-order chi connectivity index (χ0) is 23.7. The van der Waals surface area contributed by atoms with Crippen LogP contribution in [0.15, 0.2) is 41.8 Å². The van der Waals surface area contributed by atoms with Crippen molar-refractivity contribution >= 4 is 23.2 Å². The zero-order valence-electron chi connectivity index (χ0n) is 19.8. The molecule has 7 nitrogen and oxygen atoms in total. The van der Waals surface area contributed by atoms with E-state index in [-0.39, 0.29) is 36.2 Å². The van der Waals surface area contributed by atoms with Gasteiger partial charge in [0, 0.05) is 23.8 Å². The Hall–Kier alpha value is -2.58. The van der Waals surface area contributed by atoms with E-state index >= 15 is 0 Å². The molecule has 8 heteroatoms. The van der Waals surface area contributed by atoms with Crippen LogP contribution in [-0.4, -0.2) is 57.1 Å². The fourth-order valence-electron chi connectivity index (χ4n) is 4.34. The van der Waals surface area contributed by atoms with Gasteiger partial charge in [0.15, 0.2) is 0 Å². The predicted octanol–water partition coefficient (Wildman–Crippen LogP) is 3.55. The lowest BCUT2D eigenvalue weighted by Gasteiger charge is -2.44. The maximum Gasteiger partial charge on any atom is 0.220 e. The summed E-state index contributed by atoms with van der Waals surface area (Å²) in [6, 6.07) is 11.8. The summed E-state index contributed by atoms with van der Waals surface area (Å²) in [5.74, 6) is 1.28. The number of carbonyl (C=O) groups excluding carboxylic acids is 2.